The zero-order valence-electron chi connectivity index (χ0n) is 12.9. The number of methoxy groups -OCH3 is 1. The maximum atomic E-state index is 12.3. The molecule has 0 spiro atoms. The van der Waals surface area contributed by atoms with Gasteiger partial charge in [0.25, 0.3) is 0 Å². The Balaban J connectivity index is 2.06. The first-order chi connectivity index (χ1) is 10.2. The Morgan fingerprint density at radius 3 is 2.81 bits per heavy atom. The molecule has 0 heterocycles. The topological polar surface area (TPSA) is 58.8 Å². The van der Waals surface area contributed by atoms with Crippen molar-refractivity contribution in [2.24, 2.45) is 5.73 Å². The van der Waals surface area contributed by atoms with Gasteiger partial charge in [-0.15, -0.1) is 0 Å². The van der Waals surface area contributed by atoms with E-state index in [2.05, 4.69) is 4.90 Å². The standard InChI is InChI=1S/C16H25N3O2/c1-18(13-7-8-13)16(20)12-19(10-4-9-17)14-5-3-6-15(11-14)21-2/h3,5-6,11,13H,4,7-10,12,17H2,1-2H3. The largest absolute Gasteiger partial charge is 0.497 e. The van der Waals surface area contributed by atoms with Gasteiger partial charge in [-0.25, -0.2) is 0 Å². The minimum absolute atomic E-state index is 0.164. The molecule has 1 aliphatic carbocycles. The second-order valence-electron chi connectivity index (χ2n) is 5.50. The third kappa shape index (κ3) is 4.36. The van der Waals surface area contributed by atoms with Crippen LogP contribution in [-0.4, -0.2) is 50.6 Å². The van der Waals surface area contributed by atoms with E-state index in [-0.39, 0.29) is 5.91 Å². The second kappa shape index (κ2) is 7.31. The summed E-state index contributed by atoms with van der Waals surface area (Å²) in [5.74, 6) is 0.964. The third-order valence-corrected chi connectivity index (χ3v) is 3.86. The van der Waals surface area contributed by atoms with Crippen LogP contribution in [0.5, 0.6) is 5.75 Å². The SMILES string of the molecule is COc1cccc(N(CCCN)CC(=O)N(C)C2CC2)c1. The molecule has 0 radical (unpaired) electrons. The minimum atomic E-state index is 0.164. The van der Waals surface area contributed by atoms with Gasteiger partial charge in [-0.1, -0.05) is 6.07 Å². The fourth-order valence-electron chi connectivity index (χ4n) is 2.33. The summed E-state index contributed by atoms with van der Waals surface area (Å²) in [6, 6.07) is 8.25. The van der Waals surface area contributed by atoms with Crippen LogP contribution >= 0.6 is 0 Å². The number of amides is 1. The Hall–Kier alpha value is -1.75. The van der Waals surface area contributed by atoms with Gasteiger partial charge in [-0.2, -0.15) is 0 Å². The van der Waals surface area contributed by atoms with E-state index in [1.165, 1.54) is 0 Å². The van der Waals surface area contributed by atoms with Crippen molar-refractivity contribution < 1.29 is 9.53 Å². The lowest BCUT2D eigenvalue weighted by Crippen LogP contribution is -2.40. The molecular formula is C16H25N3O2. The molecule has 2 rings (SSSR count). The summed E-state index contributed by atoms with van der Waals surface area (Å²) in [6.07, 6.45) is 3.12. The molecule has 0 saturated heterocycles. The van der Waals surface area contributed by atoms with E-state index in [4.69, 9.17) is 10.5 Å². The molecule has 1 aliphatic rings. The smallest absolute Gasteiger partial charge is 0.242 e. The molecule has 1 aromatic carbocycles. The van der Waals surface area contributed by atoms with Crippen LogP contribution in [-0.2, 0) is 4.79 Å². The van der Waals surface area contributed by atoms with Crippen molar-refractivity contribution in [1.82, 2.24) is 4.90 Å². The average Bonchev–Trinajstić information content (AvgIpc) is 3.35. The molecule has 0 unspecified atom stereocenters. The summed E-state index contributed by atoms with van der Waals surface area (Å²) < 4.78 is 5.26. The Bertz CT molecular complexity index is 474. The summed E-state index contributed by atoms with van der Waals surface area (Å²) in [7, 11) is 3.54. The molecule has 2 N–H and O–H groups in total. The zero-order chi connectivity index (χ0) is 15.2. The fraction of sp³-hybridized carbons (Fsp3) is 0.562. The van der Waals surface area contributed by atoms with Crippen molar-refractivity contribution in [2.75, 3.05) is 38.7 Å². The average molecular weight is 291 g/mol. The van der Waals surface area contributed by atoms with E-state index < -0.39 is 0 Å². The van der Waals surface area contributed by atoms with E-state index in [1.54, 1.807) is 7.11 Å². The zero-order valence-corrected chi connectivity index (χ0v) is 12.9. The van der Waals surface area contributed by atoms with E-state index >= 15 is 0 Å². The molecular weight excluding hydrogens is 266 g/mol. The predicted octanol–water partition coefficient (Wildman–Crippen LogP) is 1.47. The highest BCUT2D eigenvalue weighted by atomic mass is 16.5. The van der Waals surface area contributed by atoms with Crippen LogP contribution in [0.25, 0.3) is 0 Å². The number of rotatable bonds is 8. The van der Waals surface area contributed by atoms with E-state index in [9.17, 15) is 4.79 Å². The third-order valence-electron chi connectivity index (χ3n) is 3.86. The molecule has 0 aliphatic heterocycles. The monoisotopic (exact) mass is 291 g/mol. The van der Waals surface area contributed by atoms with Crippen LogP contribution in [0.3, 0.4) is 0 Å². The van der Waals surface area contributed by atoms with Gasteiger partial charge in [0.05, 0.1) is 13.7 Å². The van der Waals surface area contributed by atoms with Gasteiger partial charge in [0, 0.05) is 31.4 Å². The van der Waals surface area contributed by atoms with Gasteiger partial charge in [0.2, 0.25) is 5.91 Å². The molecule has 5 nitrogen and oxygen atoms in total. The van der Waals surface area contributed by atoms with Gasteiger partial charge in [-0.3, -0.25) is 4.79 Å². The number of ether oxygens (including phenoxy) is 1. The van der Waals surface area contributed by atoms with Crippen molar-refractivity contribution in [3.63, 3.8) is 0 Å². The van der Waals surface area contributed by atoms with Gasteiger partial charge < -0.3 is 20.3 Å². The number of hydrogen-bond donors (Lipinski definition) is 1. The Morgan fingerprint density at radius 2 is 2.19 bits per heavy atom. The number of carbonyl (C=O) groups is 1. The first kappa shape index (κ1) is 15.6. The summed E-state index contributed by atoms with van der Waals surface area (Å²) in [6.45, 7) is 1.78. The Morgan fingerprint density at radius 1 is 1.43 bits per heavy atom. The molecule has 1 fully saturated rings. The van der Waals surface area contributed by atoms with Gasteiger partial charge in [0.1, 0.15) is 5.75 Å². The van der Waals surface area contributed by atoms with Crippen molar-refractivity contribution in [3.05, 3.63) is 24.3 Å². The van der Waals surface area contributed by atoms with Crippen LogP contribution < -0.4 is 15.4 Å². The van der Waals surface area contributed by atoms with Crippen molar-refractivity contribution in [2.45, 2.75) is 25.3 Å². The molecule has 0 aromatic heterocycles. The number of carbonyl (C=O) groups excluding carboxylic acids is 1. The van der Waals surface area contributed by atoms with Crippen molar-refractivity contribution in [1.29, 1.82) is 0 Å². The summed E-state index contributed by atoms with van der Waals surface area (Å²) >= 11 is 0. The molecule has 5 heteroatoms. The maximum absolute atomic E-state index is 12.3. The summed E-state index contributed by atoms with van der Waals surface area (Å²) in [5, 5.41) is 0. The van der Waals surface area contributed by atoms with Crippen LogP contribution in [0.1, 0.15) is 19.3 Å². The first-order valence-corrected chi connectivity index (χ1v) is 7.50. The highest BCUT2D eigenvalue weighted by Crippen LogP contribution is 2.26. The van der Waals surface area contributed by atoms with Crippen LogP contribution in [0.15, 0.2) is 24.3 Å². The van der Waals surface area contributed by atoms with Gasteiger partial charge in [0.15, 0.2) is 0 Å². The number of likely N-dealkylation sites (N-methyl/N-ethyl adjacent to an activating group) is 1. The molecule has 1 amide bonds. The quantitative estimate of drug-likeness (QED) is 0.788. The highest BCUT2D eigenvalue weighted by molar-refractivity contribution is 5.82. The van der Waals surface area contributed by atoms with E-state index in [0.717, 1.165) is 37.2 Å². The Kier molecular flexibility index (Phi) is 5.44. The number of hydrogen-bond acceptors (Lipinski definition) is 4. The Labute approximate surface area is 126 Å². The maximum Gasteiger partial charge on any atom is 0.242 e. The number of nitrogens with two attached hydrogens (primary N) is 1. The molecule has 116 valence electrons. The lowest BCUT2D eigenvalue weighted by molar-refractivity contribution is -0.128. The number of benzene rings is 1. The first-order valence-electron chi connectivity index (χ1n) is 7.50. The second-order valence-corrected chi connectivity index (χ2v) is 5.50. The molecule has 21 heavy (non-hydrogen) atoms. The molecule has 1 aromatic rings. The van der Waals surface area contributed by atoms with Crippen LogP contribution in [0, 0.1) is 0 Å². The lowest BCUT2D eigenvalue weighted by atomic mass is 10.2. The molecule has 1 saturated carbocycles. The number of nitrogens with zero attached hydrogens (tertiary/aromatic N) is 2. The number of anilines is 1. The fourth-order valence-corrected chi connectivity index (χ4v) is 2.33. The highest BCUT2D eigenvalue weighted by Gasteiger charge is 2.30. The summed E-state index contributed by atoms with van der Waals surface area (Å²) in [4.78, 5) is 16.3. The van der Waals surface area contributed by atoms with E-state index in [1.807, 2.05) is 36.2 Å². The van der Waals surface area contributed by atoms with Gasteiger partial charge >= 0.3 is 0 Å². The van der Waals surface area contributed by atoms with Crippen molar-refractivity contribution in [3.8, 4) is 5.75 Å². The lowest BCUT2D eigenvalue weighted by Gasteiger charge is -2.27. The van der Waals surface area contributed by atoms with Gasteiger partial charge in [-0.05, 0) is 37.9 Å². The molecule has 0 atom stereocenters. The van der Waals surface area contributed by atoms with Crippen LogP contribution in [0.4, 0.5) is 5.69 Å². The minimum Gasteiger partial charge on any atom is -0.497 e. The predicted molar refractivity (Wildman–Crippen MR) is 84.7 cm³/mol. The summed E-state index contributed by atoms with van der Waals surface area (Å²) in [5.41, 5.74) is 6.61. The van der Waals surface area contributed by atoms with E-state index in [0.29, 0.717) is 19.1 Å². The van der Waals surface area contributed by atoms with Crippen LogP contribution in [0.2, 0.25) is 0 Å². The molecule has 0 bridgehead atoms. The normalized spacial score (nSPS) is 13.9. The van der Waals surface area contributed by atoms with Crippen molar-refractivity contribution >= 4 is 11.6 Å².